The van der Waals surface area contributed by atoms with E-state index in [4.69, 9.17) is 0 Å². The summed E-state index contributed by atoms with van der Waals surface area (Å²) in [5.74, 6) is -2.04. The van der Waals surface area contributed by atoms with Gasteiger partial charge in [0.15, 0.2) is 0 Å². The van der Waals surface area contributed by atoms with E-state index >= 15 is 0 Å². The van der Waals surface area contributed by atoms with Gasteiger partial charge in [0.2, 0.25) is 5.91 Å². The molecule has 0 spiro atoms. The molecule has 0 bridgehead atoms. The number of para-hydroxylation sites is 1. The van der Waals surface area contributed by atoms with Gasteiger partial charge in [-0.3, -0.25) is 14.4 Å². The summed E-state index contributed by atoms with van der Waals surface area (Å²) < 4.78 is 1.82. The van der Waals surface area contributed by atoms with E-state index in [0.29, 0.717) is 25.0 Å². The molecule has 2 amide bonds. The van der Waals surface area contributed by atoms with E-state index in [1.54, 1.807) is 0 Å². The van der Waals surface area contributed by atoms with Crippen molar-refractivity contribution in [2.24, 2.45) is 13.0 Å². The Labute approximate surface area is 176 Å². The van der Waals surface area contributed by atoms with Gasteiger partial charge >= 0.3 is 5.97 Å². The molecule has 0 aliphatic heterocycles. The van der Waals surface area contributed by atoms with E-state index in [9.17, 15) is 19.5 Å². The molecule has 7 heteroatoms. The van der Waals surface area contributed by atoms with Crippen molar-refractivity contribution in [2.75, 3.05) is 0 Å². The number of hydrogen-bond donors (Lipinski definition) is 3. The number of carboxylic acids is 1. The molecule has 0 unspecified atom stereocenters. The summed E-state index contributed by atoms with van der Waals surface area (Å²) in [7, 11) is 1.83. The first-order valence-electron chi connectivity index (χ1n) is 10.8. The second-order valence-corrected chi connectivity index (χ2v) is 8.16. The lowest BCUT2D eigenvalue weighted by atomic mass is 9.84. The van der Waals surface area contributed by atoms with Crippen LogP contribution >= 0.6 is 0 Å². The number of aromatic nitrogens is 1. The van der Waals surface area contributed by atoms with E-state index in [2.05, 4.69) is 10.6 Å². The molecule has 162 valence electrons. The number of carboxylic acid groups (broad SMARTS) is 1. The monoisotopic (exact) mass is 413 g/mol. The molecule has 1 aromatic heterocycles. The highest BCUT2D eigenvalue weighted by molar-refractivity contribution is 6.00. The number of carbonyl (C=O) groups excluding carboxylic acids is 2. The minimum Gasteiger partial charge on any atom is -0.481 e. The summed E-state index contributed by atoms with van der Waals surface area (Å²) in [5, 5.41) is 16.2. The van der Waals surface area contributed by atoms with Crippen molar-refractivity contribution in [3.8, 4) is 0 Å². The number of benzene rings is 1. The standard InChI is InChI=1S/C23H31N3O4/c1-3-4-11-18(21(27)24-17-12-7-6-10-16(17)23(29)30)25-22(28)20-14-15-9-5-8-13-19(15)26(20)2/h5,8-9,13-14,16-18H,3-4,6-7,10-12H2,1-2H3,(H,24,27)(H,25,28)(H,29,30)/t16-,17+,18+/m1/s1. The van der Waals surface area contributed by atoms with Crippen molar-refractivity contribution in [3.63, 3.8) is 0 Å². The van der Waals surface area contributed by atoms with Crippen LogP contribution in [0.3, 0.4) is 0 Å². The summed E-state index contributed by atoms with van der Waals surface area (Å²) in [5.41, 5.74) is 1.44. The molecule has 0 saturated heterocycles. The maximum absolute atomic E-state index is 13.0. The van der Waals surface area contributed by atoms with Crippen molar-refractivity contribution >= 4 is 28.7 Å². The van der Waals surface area contributed by atoms with Crippen molar-refractivity contribution in [2.45, 2.75) is 64.0 Å². The second kappa shape index (κ2) is 9.78. The van der Waals surface area contributed by atoms with Gasteiger partial charge < -0.3 is 20.3 Å². The van der Waals surface area contributed by atoms with Gasteiger partial charge in [-0.2, -0.15) is 0 Å². The number of rotatable bonds is 8. The van der Waals surface area contributed by atoms with Crippen LogP contribution in [0.5, 0.6) is 0 Å². The number of aliphatic carboxylic acids is 1. The van der Waals surface area contributed by atoms with E-state index in [1.807, 2.05) is 48.9 Å². The van der Waals surface area contributed by atoms with Crippen LogP contribution in [0.2, 0.25) is 0 Å². The van der Waals surface area contributed by atoms with Gasteiger partial charge in [-0.15, -0.1) is 0 Å². The first-order valence-corrected chi connectivity index (χ1v) is 10.8. The highest BCUT2D eigenvalue weighted by Gasteiger charge is 2.33. The van der Waals surface area contributed by atoms with Gasteiger partial charge in [0.05, 0.1) is 5.92 Å². The molecule has 1 fully saturated rings. The lowest BCUT2D eigenvalue weighted by Crippen LogP contribution is -2.53. The number of aryl methyl sites for hydroxylation is 1. The summed E-state index contributed by atoms with van der Waals surface area (Å²) in [6.07, 6.45) is 5.19. The van der Waals surface area contributed by atoms with Crippen molar-refractivity contribution in [1.82, 2.24) is 15.2 Å². The third-order valence-electron chi connectivity index (χ3n) is 6.06. The van der Waals surface area contributed by atoms with Crippen LogP contribution in [0.1, 0.15) is 62.4 Å². The van der Waals surface area contributed by atoms with Crippen LogP contribution in [0, 0.1) is 5.92 Å². The number of carbonyl (C=O) groups is 3. The normalized spacial score (nSPS) is 19.9. The van der Waals surface area contributed by atoms with Crippen LogP contribution in [0.15, 0.2) is 30.3 Å². The Balaban J connectivity index is 1.74. The molecule has 2 aromatic rings. The van der Waals surface area contributed by atoms with Crippen LogP contribution in [0.25, 0.3) is 10.9 Å². The lowest BCUT2D eigenvalue weighted by Gasteiger charge is -2.31. The number of hydrogen-bond acceptors (Lipinski definition) is 3. The quantitative estimate of drug-likeness (QED) is 0.618. The highest BCUT2D eigenvalue weighted by atomic mass is 16.4. The van der Waals surface area contributed by atoms with Crippen molar-refractivity contribution < 1.29 is 19.5 Å². The van der Waals surface area contributed by atoms with Crippen molar-refractivity contribution in [3.05, 3.63) is 36.0 Å². The molecule has 30 heavy (non-hydrogen) atoms. The Morgan fingerprint density at radius 1 is 1.20 bits per heavy atom. The van der Waals surface area contributed by atoms with E-state index in [-0.39, 0.29) is 17.9 Å². The van der Waals surface area contributed by atoms with Gasteiger partial charge in [0, 0.05) is 24.0 Å². The second-order valence-electron chi connectivity index (χ2n) is 8.16. The van der Waals surface area contributed by atoms with Crippen LogP contribution < -0.4 is 10.6 Å². The minimum atomic E-state index is -0.871. The first-order chi connectivity index (χ1) is 14.4. The summed E-state index contributed by atoms with van der Waals surface area (Å²) in [6, 6.07) is 8.48. The maximum Gasteiger partial charge on any atom is 0.308 e. The molecule has 0 radical (unpaired) electrons. The van der Waals surface area contributed by atoms with Gasteiger partial charge in [-0.25, -0.2) is 0 Å². The average Bonchev–Trinajstić information content (AvgIpc) is 3.08. The molecule has 1 aliphatic rings. The lowest BCUT2D eigenvalue weighted by molar-refractivity contribution is -0.144. The van der Waals surface area contributed by atoms with Crippen LogP contribution in [0.4, 0.5) is 0 Å². The third-order valence-corrected chi connectivity index (χ3v) is 6.06. The zero-order valence-corrected chi connectivity index (χ0v) is 17.7. The number of fused-ring (bicyclic) bond motifs is 1. The SMILES string of the molecule is CCCC[C@H](NC(=O)c1cc2ccccc2n1C)C(=O)N[C@H]1CCCC[C@H]1C(=O)O. The van der Waals surface area contributed by atoms with Crippen LogP contribution in [-0.4, -0.2) is 39.5 Å². The fourth-order valence-corrected chi connectivity index (χ4v) is 4.30. The van der Waals surface area contributed by atoms with Gasteiger partial charge in [-0.05, 0) is 31.4 Å². The molecule has 1 saturated carbocycles. The largest absolute Gasteiger partial charge is 0.481 e. The number of nitrogens with zero attached hydrogens (tertiary/aromatic N) is 1. The minimum absolute atomic E-state index is 0.297. The molecule has 3 N–H and O–H groups in total. The van der Waals surface area contributed by atoms with Gasteiger partial charge in [0.25, 0.3) is 5.91 Å². The van der Waals surface area contributed by atoms with E-state index in [0.717, 1.165) is 36.6 Å². The molecule has 1 heterocycles. The highest BCUT2D eigenvalue weighted by Crippen LogP contribution is 2.25. The molecular formula is C23H31N3O4. The molecule has 3 atom stereocenters. The maximum atomic E-state index is 13.0. The molecule has 7 nitrogen and oxygen atoms in total. The number of unbranched alkanes of at least 4 members (excludes halogenated alkanes) is 1. The zero-order chi connectivity index (χ0) is 21.7. The predicted octanol–water partition coefficient (Wildman–Crippen LogP) is 3.23. The summed E-state index contributed by atoms with van der Waals surface area (Å²) in [4.78, 5) is 37.5. The predicted molar refractivity (Wildman–Crippen MR) is 115 cm³/mol. The summed E-state index contributed by atoms with van der Waals surface area (Å²) >= 11 is 0. The van der Waals surface area contributed by atoms with Gasteiger partial charge in [-0.1, -0.05) is 50.8 Å². The molecule has 1 aliphatic carbocycles. The fourth-order valence-electron chi connectivity index (χ4n) is 4.30. The van der Waals surface area contributed by atoms with Crippen LogP contribution in [-0.2, 0) is 16.6 Å². The third kappa shape index (κ3) is 4.83. The fraction of sp³-hybridized carbons (Fsp3) is 0.522. The molecule has 1 aromatic carbocycles. The molecular weight excluding hydrogens is 382 g/mol. The average molecular weight is 414 g/mol. The zero-order valence-electron chi connectivity index (χ0n) is 17.7. The Bertz CT molecular complexity index is 920. The number of nitrogens with one attached hydrogen (secondary N) is 2. The van der Waals surface area contributed by atoms with Crippen molar-refractivity contribution in [1.29, 1.82) is 0 Å². The summed E-state index contributed by atoms with van der Waals surface area (Å²) in [6.45, 7) is 2.03. The van der Waals surface area contributed by atoms with E-state index < -0.39 is 17.9 Å². The smallest absolute Gasteiger partial charge is 0.308 e. The molecule has 3 rings (SSSR count). The van der Waals surface area contributed by atoms with E-state index in [1.165, 1.54) is 0 Å². The Hall–Kier alpha value is -2.83. The Morgan fingerprint density at radius 3 is 2.63 bits per heavy atom. The topological polar surface area (TPSA) is 100 Å². The Kier molecular flexibility index (Phi) is 7.13. The first kappa shape index (κ1) is 21.9. The van der Waals surface area contributed by atoms with Gasteiger partial charge in [0.1, 0.15) is 11.7 Å². The Morgan fingerprint density at radius 2 is 1.93 bits per heavy atom. The number of amides is 2.